The van der Waals surface area contributed by atoms with Crippen molar-refractivity contribution in [3.63, 3.8) is 0 Å². The highest BCUT2D eigenvalue weighted by Crippen LogP contribution is 2.49. The molecule has 0 aliphatic heterocycles. The molecule has 0 atom stereocenters. The highest BCUT2D eigenvalue weighted by molar-refractivity contribution is 5.85. The van der Waals surface area contributed by atoms with E-state index < -0.39 is 5.41 Å². The van der Waals surface area contributed by atoms with Gasteiger partial charge in [-0.15, -0.1) is 0 Å². The summed E-state index contributed by atoms with van der Waals surface area (Å²) < 4.78 is 10.2. The Labute approximate surface area is 76.7 Å². The third kappa shape index (κ3) is 1.15. The van der Waals surface area contributed by atoms with Crippen molar-refractivity contribution in [2.24, 2.45) is 0 Å². The molecule has 0 N–H and O–H groups in total. The minimum atomic E-state index is -0.455. The molecule has 0 bridgehead atoms. The van der Waals surface area contributed by atoms with Crippen LogP contribution in [-0.4, -0.2) is 13.1 Å². The summed E-state index contributed by atoms with van der Waals surface area (Å²) >= 11 is 0. The molecule has 1 aliphatic rings. The maximum Gasteiger partial charge on any atom is 0.319 e. The molecule has 0 saturated heterocycles. The fourth-order valence-electron chi connectivity index (χ4n) is 1.56. The van der Waals surface area contributed by atoms with Crippen LogP contribution in [0.3, 0.4) is 0 Å². The zero-order chi connectivity index (χ0) is 9.47. The van der Waals surface area contributed by atoms with Gasteiger partial charge >= 0.3 is 5.97 Å². The normalized spacial score (nSPS) is 18.3. The molecule has 1 saturated carbocycles. The smallest absolute Gasteiger partial charge is 0.319 e. The topological polar surface area (TPSA) is 39.4 Å². The Hall–Kier alpha value is -1.25. The van der Waals surface area contributed by atoms with Crippen molar-refractivity contribution in [1.82, 2.24) is 0 Å². The average Bonchev–Trinajstić information content (AvgIpc) is 2.83. The summed E-state index contributed by atoms with van der Waals surface area (Å²) in [5.74, 6) is 1.41. The molecule has 70 valence electrons. The number of hydrogen-bond donors (Lipinski definition) is 0. The molecule has 1 heterocycles. The van der Waals surface area contributed by atoms with Crippen molar-refractivity contribution < 1.29 is 13.9 Å². The van der Waals surface area contributed by atoms with E-state index in [-0.39, 0.29) is 5.97 Å². The van der Waals surface area contributed by atoms with E-state index in [1.807, 2.05) is 19.1 Å². The molecule has 0 spiro atoms. The molecular weight excluding hydrogens is 168 g/mol. The van der Waals surface area contributed by atoms with E-state index in [4.69, 9.17) is 9.15 Å². The first-order valence-corrected chi connectivity index (χ1v) is 4.34. The van der Waals surface area contributed by atoms with Crippen molar-refractivity contribution >= 4 is 5.97 Å². The molecule has 1 aliphatic carbocycles. The largest absolute Gasteiger partial charge is 0.468 e. The summed E-state index contributed by atoms with van der Waals surface area (Å²) in [7, 11) is 1.41. The molecule has 0 amide bonds. The van der Waals surface area contributed by atoms with Crippen LogP contribution in [0.5, 0.6) is 0 Å². The van der Waals surface area contributed by atoms with E-state index in [9.17, 15) is 4.79 Å². The number of furan rings is 1. The first kappa shape index (κ1) is 8.35. The van der Waals surface area contributed by atoms with Gasteiger partial charge in [-0.25, -0.2) is 0 Å². The lowest BCUT2D eigenvalue weighted by molar-refractivity contribution is -0.144. The molecule has 3 heteroatoms. The molecular formula is C10H12O3. The molecule has 2 rings (SSSR count). The second-order valence-corrected chi connectivity index (χ2v) is 3.48. The fraction of sp³-hybridized carbons (Fsp3) is 0.500. The lowest BCUT2D eigenvalue weighted by Crippen LogP contribution is -2.21. The number of carbonyl (C=O) groups excluding carboxylic acids is 1. The third-order valence-electron chi connectivity index (χ3n) is 2.54. The molecule has 3 nitrogen and oxygen atoms in total. The maximum absolute atomic E-state index is 11.4. The zero-order valence-corrected chi connectivity index (χ0v) is 7.79. The predicted octanol–water partition coefficient (Wildman–Crippen LogP) is 1.79. The van der Waals surface area contributed by atoms with Crippen LogP contribution < -0.4 is 0 Å². The van der Waals surface area contributed by atoms with Gasteiger partial charge in [0.25, 0.3) is 0 Å². The lowest BCUT2D eigenvalue weighted by Gasteiger charge is -2.08. The zero-order valence-electron chi connectivity index (χ0n) is 7.79. The van der Waals surface area contributed by atoms with E-state index in [0.717, 1.165) is 24.4 Å². The van der Waals surface area contributed by atoms with Gasteiger partial charge < -0.3 is 9.15 Å². The highest BCUT2D eigenvalue weighted by atomic mass is 16.5. The minimum absolute atomic E-state index is 0.179. The summed E-state index contributed by atoms with van der Waals surface area (Å²) in [6.45, 7) is 1.87. The van der Waals surface area contributed by atoms with E-state index in [0.29, 0.717) is 0 Å². The molecule has 1 aromatic heterocycles. The van der Waals surface area contributed by atoms with Gasteiger partial charge in [-0.05, 0) is 31.9 Å². The van der Waals surface area contributed by atoms with Crippen LogP contribution in [0.25, 0.3) is 0 Å². The van der Waals surface area contributed by atoms with Crippen LogP contribution in [0.2, 0.25) is 0 Å². The summed E-state index contributed by atoms with van der Waals surface area (Å²) in [6, 6.07) is 3.73. The number of rotatable bonds is 2. The van der Waals surface area contributed by atoms with Crippen molar-refractivity contribution in [2.75, 3.05) is 7.11 Å². The van der Waals surface area contributed by atoms with E-state index >= 15 is 0 Å². The first-order valence-electron chi connectivity index (χ1n) is 4.34. The average molecular weight is 180 g/mol. The minimum Gasteiger partial charge on any atom is -0.468 e. The lowest BCUT2D eigenvalue weighted by atomic mass is 10.1. The van der Waals surface area contributed by atoms with Crippen molar-refractivity contribution in [2.45, 2.75) is 25.2 Å². The van der Waals surface area contributed by atoms with Gasteiger partial charge in [-0.2, -0.15) is 0 Å². The second-order valence-electron chi connectivity index (χ2n) is 3.48. The predicted molar refractivity (Wildman–Crippen MR) is 46.4 cm³/mol. The van der Waals surface area contributed by atoms with Crippen molar-refractivity contribution in [1.29, 1.82) is 0 Å². The van der Waals surface area contributed by atoms with Crippen LogP contribution in [-0.2, 0) is 14.9 Å². The van der Waals surface area contributed by atoms with E-state index in [1.165, 1.54) is 7.11 Å². The van der Waals surface area contributed by atoms with Gasteiger partial charge in [0.1, 0.15) is 16.9 Å². The summed E-state index contributed by atoms with van der Waals surface area (Å²) in [4.78, 5) is 11.4. The Morgan fingerprint density at radius 3 is 2.62 bits per heavy atom. The summed E-state index contributed by atoms with van der Waals surface area (Å²) in [5, 5.41) is 0. The quantitative estimate of drug-likeness (QED) is 0.651. The van der Waals surface area contributed by atoms with Crippen molar-refractivity contribution in [3.05, 3.63) is 23.7 Å². The second kappa shape index (κ2) is 2.62. The van der Waals surface area contributed by atoms with Gasteiger partial charge in [-0.1, -0.05) is 0 Å². The Bertz CT molecular complexity index is 334. The Morgan fingerprint density at radius 2 is 2.23 bits per heavy atom. The maximum atomic E-state index is 11.4. The Balaban J connectivity index is 2.30. The molecule has 1 aromatic rings. The standard InChI is InChI=1S/C10H12O3/c1-7-3-4-8(13-7)10(5-6-10)9(11)12-2/h3-4H,5-6H2,1-2H3. The highest BCUT2D eigenvalue weighted by Gasteiger charge is 2.55. The number of aryl methyl sites for hydroxylation is 1. The number of carbonyl (C=O) groups is 1. The Morgan fingerprint density at radius 1 is 1.54 bits per heavy atom. The number of esters is 1. The van der Waals surface area contributed by atoms with Crippen LogP contribution in [0.1, 0.15) is 24.4 Å². The van der Waals surface area contributed by atoms with Crippen LogP contribution in [0.15, 0.2) is 16.5 Å². The number of hydrogen-bond acceptors (Lipinski definition) is 3. The van der Waals surface area contributed by atoms with Crippen LogP contribution >= 0.6 is 0 Å². The number of ether oxygens (including phenoxy) is 1. The van der Waals surface area contributed by atoms with Gasteiger partial charge in [0.05, 0.1) is 7.11 Å². The molecule has 13 heavy (non-hydrogen) atoms. The number of methoxy groups -OCH3 is 1. The molecule has 1 fully saturated rings. The third-order valence-corrected chi connectivity index (χ3v) is 2.54. The molecule has 0 unspecified atom stereocenters. The van der Waals surface area contributed by atoms with Gasteiger partial charge in [-0.3, -0.25) is 4.79 Å². The van der Waals surface area contributed by atoms with Gasteiger partial charge in [0.2, 0.25) is 0 Å². The summed E-state index contributed by atoms with van der Waals surface area (Å²) in [5.41, 5.74) is -0.455. The summed E-state index contributed by atoms with van der Waals surface area (Å²) in [6.07, 6.45) is 1.68. The van der Waals surface area contributed by atoms with Crippen molar-refractivity contribution in [3.8, 4) is 0 Å². The molecule has 0 aromatic carbocycles. The van der Waals surface area contributed by atoms with E-state index in [1.54, 1.807) is 0 Å². The molecule has 0 radical (unpaired) electrons. The monoisotopic (exact) mass is 180 g/mol. The SMILES string of the molecule is COC(=O)C1(c2ccc(C)o2)CC1. The van der Waals surface area contributed by atoms with E-state index in [2.05, 4.69) is 0 Å². The van der Waals surface area contributed by atoms with Gasteiger partial charge in [0, 0.05) is 0 Å². The fourth-order valence-corrected chi connectivity index (χ4v) is 1.56. The van der Waals surface area contributed by atoms with Gasteiger partial charge in [0.15, 0.2) is 0 Å². The Kier molecular flexibility index (Phi) is 1.68. The van der Waals surface area contributed by atoms with Crippen LogP contribution in [0, 0.1) is 6.92 Å². The van der Waals surface area contributed by atoms with Crippen LogP contribution in [0.4, 0.5) is 0 Å². The first-order chi connectivity index (χ1) is 6.19.